The number of carbonyl (C=O) groups excluding carboxylic acids is 1. The van der Waals surface area contributed by atoms with Crippen LogP contribution in [0.2, 0.25) is 0 Å². The fourth-order valence-electron chi connectivity index (χ4n) is 3.99. The lowest BCUT2D eigenvalue weighted by Gasteiger charge is -2.16. The van der Waals surface area contributed by atoms with Crippen molar-refractivity contribution in [1.82, 2.24) is 14.5 Å². The highest BCUT2D eigenvalue weighted by atomic mass is 32.2. The van der Waals surface area contributed by atoms with Gasteiger partial charge in [-0.25, -0.2) is 9.52 Å². The van der Waals surface area contributed by atoms with Gasteiger partial charge < -0.3 is 10.4 Å². The van der Waals surface area contributed by atoms with E-state index in [0.717, 1.165) is 55.3 Å². The van der Waals surface area contributed by atoms with E-state index in [0.29, 0.717) is 0 Å². The molecule has 1 heterocycles. The molecule has 27 heavy (non-hydrogen) atoms. The molecule has 0 unspecified atom stereocenters. The lowest BCUT2D eigenvalue weighted by molar-refractivity contribution is 0.256. The van der Waals surface area contributed by atoms with Crippen LogP contribution in [0.4, 0.5) is 10.5 Å². The van der Waals surface area contributed by atoms with Crippen LogP contribution in [0.15, 0.2) is 23.4 Å². The number of aromatic nitrogens is 2. The molecule has 0 saturated heterocycles. The molecule has 0 bridgehead atoms. The van der Waals surface area contributed by atoms with Crippen LogP contribution in [0.5, 0.6) is 0 Å². The second-order valence-corrected chi connectivity index (χ2v) is 8.56. The Morgan fingerprint density at radius 3 is 2.44 bits per heavy atom. The largest absolute Gasteiger partial charge is 0.394 e. The molecule has 8 nitrogen and oxygen atoms in total. The second-order valence-electron chi connectivity index (χ2n) is 6.93. The molecule has 9 heteroatoms. The Bertz CT molecular complexity index is 965. The van der Waals surface area contributed by atoms with Gasteiger partial charge in [0.2, 0.25) is 0 Å². The topological polar surface area (TPSA) is 113 Å². The molecular formula is C18H22N4O4S. The highest BCUT2D eigenvalue weighted by Gasteiger charge is 2.27. The van der Waals surface area contributed by atoms with Crippen molar-refractivity contribution < 1.29 is 18.3 Å². The first-order valence-electron chi connectivity index (χ1n) is 9.12. The van der Waals surface area contributed by atoms with Gasteiger partial charge in [-0.15, -0.1) is 0 Å². The first kappa shape index (κ1) is 18.0. The van der Waals surface area contributed by atoms with E-state index in [1.807, 2.05) is 4.72 Å². The van der Waals surface area contributed by atoms with Gasteiger partial charge in [0.25, 0.3) is 10.0 Å². The molecule has 2 amide bonds. The van der Waals surface area contributed by atoms with Crippen LogP contribution >= 0.6 is 0 Å². The van der Waals surface area contributed by atoms with Crippen molar-refractivity contribution in [3.8, 4) is 0 Å². The molecule has 2 aliphatic carbocycles. The van der Waals surface area contributed by atoms with E-state index in [-0.39, 0.29) is 18.2 Å². The molecule has 3 N–H and O–H groups in total. The van der Waals surface area contributed by atoms with Crippen molar-refractivity contribution in [1.29, 1.82) is 0 Å². The number of sulfonamides is 1. The van der Waals surface area contributed by atoms with Crippen molar-refractivity contribution in [2.24, 2.45) is 0 Å². The van der Waals surface area contributed by atoms with Gasteiger partial charge in [-0.05, 0) is 66.8 Å². The normalized spacial score (nSPS) is 15.4. The third kappa shape index (κ3) is 3.44. The molecule has 0 radical (unpaired) electrons. The minimum atomic E-state index is -4.08. The molecular weight excluding hydrogens is 368 g/mol. The Hall–Kier alpha value is -2.39. The molecule has 0 fully saturated rings. The summed E-state index contributed by atoms with van der Waals surface area (Å²) in [5, 5.41) is 15.3. The molecule has 0 atom stereocenters. The smallest absolute Gasteiger partial charge is 0.333 e. The van der Waals surface area contributed by atoms with E-state index in [1.54, 1.807) is 0 Å². The maximum atomic E-state index is 12.5. The predicted molar refractivity (Wildman–Crippen MR) is 99.1 cm³/mol. The van der Waals surface area contributed by atoms with E-state index in [4.69, 9.17) is 5.11 Å². The van der Waals surface area contributed by atoms with Crippen LogP contribution in [-0.4, -0.2) is 35.9 Å². The van der Waals surface area contributed by atoms with Crippen LogP contribution in [0.3, 0.4) is 0 Å². The third-order valence-corrected chi connectivity index (χ3v) is 6.38. The van der Waals surface area contributed by atoms with Crippen LogP contribution in [0, 0.1) is 0 Å². The SMILES string of the molecule is O=C(Nc1c2c(cc3c1CCC3)CCC2)NS(=O)(=O)c1ccn(CCO)n1. The fourth-order valence-corrected chi connectivity index (χ4v) is 4.85. The molecule has 0 spiro atoms. The number of rotatable bonds is 5. The summed E-state index contributed by atoms with van der Waals surface area (Å²) in [6.45, 7) is 0.0311. The Balaban J connectivity index is 1.55. The molecule has 1 aromatic heterocycles. The van der Waals surface area contributed by atoms with Crippen molar-refractivity contribution in [2.45, 2.75) is 50.1 Å². The summed E-state index contributed by atoms with van der Waals surface area (Å²) in [6.07, 6.45) is 7.34. The Morgan fingerprint density at radius 2 is 1.81 bits per heavy atom. The maximum absolute atomic E-state index is 12.5. The summed E-state index contributed by atoms with van der Waals surface area (Å²) < 4.78 is 28.2. The summed E-state index contributed by atoms with van der Waals surface area (Å²) in [4.78, 5) is 12.5. The molecule has 2 aromatic rings. The molecule has 0 aliphatic heterocycles. The summed E-state index contributed by atoms with van der Waals surface area (Å²) in [5.74, 6) is 0. The van der Waals surface area contributed by atoms with Gasteiger partial charge in [0.05, 0.1) is 13.2 Å². The fraction of sp³-hybridized carbons (Fsp3) is 0.444. The zero-order valence-corrected chi connectivity index (χ0v) is 15.7. The van der Waals surface area contributed by atoms with E-state index < -0.39 is 16.1 Å². The summed E-state index contributed by atoms with van der Waals surface area (Å²) in [6, 6.07) is 2.77. The zero-order valence-electron chi connectivity index (χ0n) is 14.9. The van der Waals surface area contributed by atoms with Gasteiger partial charge in [0, 0.05) is 11.9 Å². The van der Waals surface area contributed by atoms with Crippen LogP contribution in [0.1, 0.15) is 35.1 Å². The van der Waals surface area contributed by atoms with E-state index in [9.17, 15) is 13.2 Å². The number of nitrogens with zero attached hydrogens (tertiary/aromatic N) is 2. The average molecular weight is 390 g/mol. The highest BCUT2D eigenvalue weighted by molar-refractivity contribution is 7.90. The van der Waals surface area contributed by atoms with Gasteiger partial charge in [-0.2, -0.15) is 13.5 Å². The van der Waals surface area contributed by atoms with E-state index in [2.05, 4.69) is 16.5 Å². The van der Waals surface area contributed by atoms with Crippen molar-refractivity contribution in [2.75, 3.05) is 11.9 Å². The number of nitrogens with one attached hydrogen (secondary N) is 2. The first-order valence-corrected chi connectivity index (χ1v) is 10.6. The number of aliphatic hydroxyl groups excluding tert-OH is 1. The number of carbonyl (C=O) groups is 1. The standard InChI is InChI=1S/C18H22N4O4S/c23-10-9-22-8-7-16(20-22)27(25,26)21-18(24)19-17-14-5-1-3-12(14)11-13-4-2-6-15(13)17/h7-8,11,23H,1-6,9-10H2,(H2,19,21,24). The number of urea groups is 1. The Kier molecular flexibility index (Phi) is 4.65. The Labute approximate surface area is 157 Å². The highest BCUT2D eigenvalue weighted by Crippen LogP contribution is 2.38. The van der Waals surface area contributed by atoms with Crippen molar-refractivity contribution >= 4 is 21.7 Å². The summed E-state index contributed by atoms with van der Waals surface area (Å²) >= 11 is 0. The predicted octanol–water partition coefficient (Wildman–Crippen LogP) is 1.36. The molecule has 144 valence electrons. The number of hydrogen-bond acceptors (Lipinski definition) is 5. The van der Waals surface area contributed by atoms with Gasteiger partial charge in [-0.1, -0.05) is 6.07 Å². The third-order valence-electron chi connectivity index (χ3n) is 5.16. The summed E-state index contributed by atoms with van der Waals surface area (Å²) in [7, 11) is -4.08. The Morgan fingerprint density at radius 1 is 1.15 bits per heavy atom. The number of anilines is 1. The van der Waals surface area contributed by atoms with Crippen LogP contribution in [0.25, 0.3) is 0 Å². The molecule has 2 aliphatic rings. The number of aryl methyl sites for hydroxylation is 2. The van der Waals surface area contributed by atoms with Gasteiger partial charge in [0.1, 0.15) is 0 Å². The minimum Gasteiger partial charge on any atom is -0.394 e. The lowest BCUT2D eigenvalue weighted by Crippen LogP contribution is -2.35. The number of aliphatic hydroxyl groups is 1. The average Bonchev–Trinajstić information content (AvgIpc) is 3.34. The number of benzene rings is 1. The number of amides is 2. The van der Waals surface area contributed by atoms with Crippen LogP contribution < -0.4 is 10.0 Å². The van der Waals surface area contributed by atoms with E-state index in [1.165, 1.54) is 28.1 Å². The number of fused-ring (bicyclic) bond motifs is 2. The lowest BCUT2D eigenvalue weighted by atomic mass is 9.99. The second kappa shape index (κ2) is 6.97. The molecule has 4 rings (SSSR count). The summed E-state index contributed by atoms with van der Waals surface area (Å²) in [5.41, 5.74) is 5.58. The zero-order chi connectivity index (χ0) is 19.0. The van der Waals surface area contributed by atoms with Crippen molar-refractivity contribution in [3.63, 3.8) is 0 Å². The van der Waals surface area contributed by atoms with E-state index >= 15 is 0 Å². The molecule has 1 aromatic carbocycles. The maximum Gasteiger partial charge on any atom is 0.333 e. The quantitative estimate of drug-likeness (QED) is 0.713. The van der Waals surface area contributed by atoms with Gasteiger partial charge in [0.15, 0.2) is 5.03 Å². The first-order chi connectivity index (χ1) is 13.0. The van der Waals surface area contributed by atoms with Crippen molar-refractivity contribution in [3.05, 3.63) is 40.6 Å². The van der Waals surface area contributed by atoms with Crippen LogP contribution in [-0.2, 0) is 42.3 Å². The van der Waals surface area contributed by atoms with Gasteiger partial charge >= 0.3 is 6.03 Å². The minimum absolute atomic E-state index is 0.153. The monoisotopic (exact) mass is 390 g/mol. The number of hydrogen-bond donors (Lipinski definition) is 3. The molecule has 0 saturated carbocycles. The van der Waals surface area contributed by atoms with Gasteiger partial charge in [-0.3, -0.25) is 4.68 Å².